The molecule has 2 atom stereocenters. The van der Waals surface area contributed by atoms with Crippen LogP contribution in [-0.4, -0.2) is 5.78 Å². The maximum Gasteiger partial charge on any atom is 0.162 e. The van der Waals surface area contributed by atoms with Crippen LogP contribution >= 0.6 is 15.9 Å². The maximum absolute atomic E-state index is 13.5. The molecular formula is C33H26BrNO. The SMILES string of the molecule is O=C(C=Cc1cccc(Br)c1)C1C=c2c(ccc3c2=CCc2ccccc2-3)C(C2=CC=CC=CN2)C1. The molecule has 3 aromatic rings. The summed E-state index contributed by atoms with van der Waals surface area (Å²) in [5.74, 6) is 0.0584. The number of carbonyl (C=O) groups is 1. The van der Waals surface area contributed by atoms with Crippen molar-refractivity contribution in [3.05, 3.63) is 135 Å². The van der Waals surface area contributed by atoms with E-state index < -0.39 is 0 Å². The van der Waals surface area contributed by atoms with Gasteiger partial charge in [-0.25, -0.2) is 0 Å². The van der Waals surface area contributed by atoms with E-state index in [1.165, 1.54) is 32.7 Å². The van der Waals surface area contributed by atoms with Crippen molar-refractivity contribution in [2.24, 2.45) is 5.92 Å². The summed E-state index contributed by atoms with van der Waals surface area (Å²) in [5.41, 5.74) is 7.32. The van der Waals surface area contributed by atoms with E-state index in [9.17, 15) is 4.79 Å². The number of nitrogens with one attached hydrogen (secondary N) is 1. The van der Waals surface area contributed by atoms with Crippen LogP contribution in [0.25, 0.3) is 29.4 Å². The first-order valence-corrected chi connectivity index (χ1v) is 13.2. The maximum atomic E-state index is 13.5. The van der Waals surface area contributed by atoms with Gasteiger partial charge in [0.25, 0.3) is 0 Å². The van der Waals surface area contributed by atoms with Crippen molar-refractivity contribution in [1.82, 2.24) is 5.32 Å². The molecule has 1 aliphatic heterocycles. The Morgan fingerprint density at radius 3 is 2.78 bits per heavy atom. The Morgan fingerprint density at radius 2 is 1.86 bits per heavy atom. The van der Waals surface area contributed by atoms with Crippen molar-refractivity contribution >= 4 is 39.9 Å². The number of rotatable bonds is 4. The predicted octanol–water partition coefficient (Wildman–Crippen LogP) is 6.18. The number of benzene rings is 3. The summed E-state index contributed by atoms with van der Waals surface area (Å²) in [6.45, 7) is 0. The third-order valence-corrected chi connectivity index (χ3v) is 7.75. The van der Waals surface area contributed by atoms with Gasteiger partial charge in [0.15, 0.2) is 5.78 Å². The van der Waals surface area contributed by atoms with Crippen molar-refractivity contribution in [3.63, 3.8) is 0 Å². The summed E-state index contributed by atoms with van der Waals surface area (Å²) in [7, 11) is 0. The van der Waals surface area contributed by atoms with Crippen molar-refractivity contribution in [2.45, 2.75) is 18.8 Å². The Balaban J connectivity index is 1.46. The average Bonchev–Trinajstić information content (AvgIpc) is 3.20. The van der Waals surface area contributed by atoms with Crippen LogP contribution in [0.2, 0.25) is 0 Å². The van der Waals surface area contributed by atoms with Crippen LogP contribution in [0.5, 0.6) is 0 Å². The second-order valence-electron chi connectivity index (χ2n) is 9.46. The molecule has 36 heavy (non-hydrogen) atoms. The Bertz CT molecular complexity index is 1600. The predicted molar refractivity (Wildman–Crippen MR) is 152 cm³/mol. The van der Waals surface area contributed by atoms with Gasteiger partial charge >= 0.3 is 0 Å². The molecule has 0 saturated carbocycles. The van der Waals surface area contributed by atoms with Crippen LogP contribution in [0.15, 0.2) is 107 Å². The quantitative estimate of drug-likeness (QED) is 0.407. The molecule has 0 saturated heterocycles. The summed E-state index contributed by atoms with van der Waals surface area (Å²) in [4.78, 5) is 13.5. The third-order valence-electron chi connectivity index (χ3n) is 7.26. The van der Waals surface area contributed by atoms with Gasteiger partial charge in [0.05, 0.1) is 0 Å². The van der Waals surface area contributed by atoms with Gasteiger partial charge in [0, 0.05) is 28.2 Å². The zero-order valence-electron chi connectivity index (χ0n) is 19.8. The van der Waals surface area contributed by atoms with Crippen molar-refractivity contribution in [3.8, 4) is 11.1 Å². The van der Waals surface area contributed by atoms with Gasteiger partial charge < -0.3 is 5.32 Å². The molecule has 2 nitrogen and oxygen atoms in total. The van der Waals surface area contributed by atoms with Crippen LogP contribution in [0, 0.1) is 5.92 Å². The second kappa shape index (κ2) is 9.75. The number of ketones is 1. The normalized spacial score (nSPS) is 19.6. The molecule has 0 aromatic heterocycles. The van der Waals surface area contributed by atoms with Crippen LogP contribution in [0.4, 0.5) is 0 Å². The van der Waals surface area contributed by atoms with Gasteiger partial charge in [-0.1, -0.05) is 94.8 Å². The van der Waals surface area contributed by atoms with E-state index in [0.29, 0.717) is 0 Å². The van der Waals surface area contributed by atoms with Gasteiger partial charge in [0.1, 0.15) is 0 Å². The van der Waals surface area contributed by atoms with Gasteiger partial charge in [-0.15, -0.1) is 0 Å². The molecule has 1 N–H and O–H groups in total. The first-order valence-electron chi connectivity index (χ1n) is 12.4. The molecule has 0 spiro atoms. The number of hydrogen-bond acceptors (Lipinski definition) is 2. The van der Waals surface area contributed by atoms with E-state index in [4.69, 9.17) is 0 Å². The molecule has 2 aliphatic carbocycles. The molecule has 2 unspecified atom stereocenters. The fourth-order valence-electron chi connectivity index (χ4n) is 5.51. The second-order valence-corrected chi connectivity index (χ2v) is 10.4. The van der Waals surface area contributed by atoms with E-state index in [2.05, 4.69) is 81.9 Å². The molecular weight excluding hydrogens is 506 g/mol. The van der Waals surface area contributed by atoms with Crippen LogP contribution in [-0.2, 0) is 11.2 Å². The summed E-state index contributed by atoms with van der Waals surface area (Å²) in [6.07, 6.45) is 20.1. The van der Waals surface area contributed by atoms with Crippen LogP contribution in [0.3, 0.4) is 0 Å². The summed E-state index contributed by atoms with van der Waals surface area (Å²) >= 11 is 3.52. The van der Waals surface area contributed by atoms with E-state index in [-0.39, 0.29) is 17.6 Å². The minimum atomic E-state index is -0.193. The Hall–Kier alpha value is -3.69. The fraction of sp³-hybridized carbons (Fsp3) is 0.121. The summed E-state index contributed by atoms with van der Waals surface area (Å²) in [5, 5.41) is 5.93. The van der Waals surface area contributed by atoms with E-state index in [1.54, 1.807) is 6.08 Å². The molecule has 176 valence electrons. The zero-order valence-corrected chi connectivity index (χ0v) is 21.4. The number of carbonyl (C=O) groups excluding carboxylic acids is 1. The molecule has 6 rings (SSSR count). The number of halogens is 1. The number of hydrogen-bond donors (Lipinski definition) is 1. The standard InChI is InChI=1S/C33H26BrNO/c34-25-9-6-7-22(19-25)12-17-33(36)24-20-30-28-14-13-23-8-3-4-10-26(23)27(28)15-16-29(30)31(21-24)32-11-2-1-5-18-35-32/h1-12,14-20,24,31,35H,13,21H2. The summed E-state index contributed by atoms with van der Waals surface area (Å²) < 4.78 is 1.00. The molecule has 0 amide bonds. The van der Waals surface area contributed by atoms with Crippen molar-refractivity contribution in [1.29, 1.82) is 0 Å². The number of allylic oxidation sites excluding steroid dienone is 6. The smallest absolute Gasteiger partial charge is 0.162 e. The highest BCUT2D eigenvalue weighted by Crippen LogP contribution is 2.34. The average molecular weight is 532 g/mol. The van der Waals surface area contributed by atoms with Gasteiger partial charge in [0.2, 0.25) is 0 Å². The van der Waals surface area contributed by atoms with Crippen LogP contribution < -0.4 is 15.8 Å². The molecule has 0 radical (unpaired) electrons. The highest BCUT2D eigenvalue weighted by atomic mass is 79.9. The third kappa shape index (κ3) is 4.36. The lowest BCUT2D eigenvalue weighted by molar-refractivity contribution is -0.116. The molecule has 0 fully saturated rings. The Labute approximate surface area is 219 Å². The molecule has 3 aliphatic rings. The van der Waals surface area contributed by atoms with Crippen molar-refractivity contribution in [2.75, 3.05) is 0 Å². The largest absolute Gasteiger partial charge is 0.364 e. The van der Waals surface area contributed by atoms with Gasteiger partial charge in [-0.3, -0.25) is 4.79 Å². The molecule has 3 aromatic carbocycles. The van der Waals surface area contributed by atoms with Crippen LogP contribution in [0.1, 0.15) is 29.0 Å². The lowest BCUT2D eigenvalue weighted by Gasteiger charge is -2.29. The Morgan fingerprint density at radius 1 is 0.944 bits per heavy atom. The van der Waals surface area contributed by atoms with Gasteiger partial charge in [-0.05, 0) is 81.5 Å². The zero-order chi connectivity index (χ0) is 24.5. The first kappa shape index (κ1) is 22.8. The lowest BCUT2D eigenvalue weighted by atomic mass is 9.76. The monoisotopic (exact) mass is 531 g/mol. The first-order chi connectivity index (χ1) is 17.7. The van der Waals surface area contributed by atoms with Gasteiger partial charge in [-0.2, -0.15) is 0 Å². The van der Waals surface area contributed by atoms with E-state index >= 15 is 0 Å². The number of fused-ring (bicyclic) bond motifs is 5. The molecule has 1 heterocycles. The lowest BCUT2D eigenvalue weighted by Crippen LogP contribution is -2.39. The highest BCUT2D eigenvalue weighted by molar-refractivity contribution is 9.10. The molecule has 3 heteroatoms. The minimum absolute atomic E-state index is 0.112. The fourth-order valence-corrected chi connectivity index (χ4v) is 5.93. The van der Waals surface area contributed by atoms with E-state index in [1.807, 2.05) is 48.7 Å². The van der Waals surface area contributed by atoms with E-state index in [0.717, 1.165) is 28.6 Å². The Kier molecular flexibility index (Phi) is 6.16. The summed E-state index contributed by atoms with van der Waals surface area (Å²) in [6, 6.07) is 21.2. The minimum Gasteiger partial charge on any atom is -0.364 e. The topological polar surface area (TPSA) is 29.1 Å². The van der Waals surface area contributed by atoms with Crippen molar-refractivity contribution < 1.29 is 4.79 Å². The highest BCUT2D eigenvalue weighted by Gasteiger charge is 2.29. The molecule has 0 bridgehead atoms.